The molecule has 0 fully saturated rings. The van der Waals surface area contributed by atoms with Crippen LogP contribution in [-0.2, 0) is 19.5 Å². The van der Waals surface area contributed by atoms with Gasteiger partial charge in [0, 0.05) is 24.7 Å². The number of para-hydroxylation sites is 1. The third-order valence-electron chi connectivity index (χ3n) is 3.77. The summed E-state index contributed by atoms with van der Waals surface area (Å²) in [5.74, 6) is 0.927. The summed E-state index contributed by atoms with van der Waals surface area (Å²) in [5, 5.41) is 8.14. The molecule has 0 radical (unpaired) electrons. The first-order valence-corrected chi connectivity index (χ1v) is 7.61. The largest absolute Gasteiger partial charge is 0.496 e. The van der Waals surface area contributed by atoms with Crippen molar-refractivity contribution in [3.05, 3.63) is 47.3 Å². The van der Waals surface area contributed by atoms with Crippen molar-refractivity contribution in [2.24, 2.45) is 0 Å². The molecule has 2 aromatic rings. The second kappa shape index (κ2) is 7.27. The smallest absolute Gasteiger partial charge is 0.123 e. The van der Waals surface area contributed by atoms with E-state index in [2.05, 4.69) is 48.0 Å². The predicted molar refractivity (Wildman–Crippen MR) is 85.5 cm³/mol. The maximum atomic E-state index is 5.43. The standard InChI is InChI=1S/C17H25N3O/c1-5-14-11-15(20(6-2)19-14)12-18-13(3)16-9-7-8-10-17(16)21-4/h7-11,13,18H,5-6,12H2,1-4H3/t13-/m0/s1. The van der Waals surface area contributed by atoms with E-state index in [0.717, 1.165) is 31.0 Å². The average molecular weight is 287 g/mol. The lowest BCUT2D eigenvalue weighted by atomic mass is 10.1. The van der Waals surface area contributed by atoms with Crippen LogP contribution in [0.1, 0.15) is 43.8 Å². The van der Waals surface area contributed by atoms with Crippen molar-refractivity contribution >= 4 is 0 Å². The van der Waals surface area contributed by atoms with Gasteiger partial charge < -0.3 is 10.1 Å². The van der Waals surface area contributed by atoms with E-state index in [9.17, 15) is 0 Å². The molecule has 0 bridgehead atoms. The number of nitrogens with one attached hydrogen (secondary N) is 1. The van der Waals surface area contributed by atoms with Gasteiger partial charge in [-0.2, -0.15) is 5.10 Å². The van der Waals surface area contributed by atoms with E-state index < -0.39 is 0 Å². The number of hydrogen-bond acceptors (Lipinski definition) is 3. The Morgan fingerprint density at radius 1 is 1.29 bits per heavy atom. The Labute approximate surface area is 127 Å². The van der Waals surface area contributed by atoms with Gasteiger partial charge in [-0.05, 0) is 32.4 Å². The SMILES string of the molecule is CCc1cc(CN[C@@H](C)c2ccccc2OC)n(CC)n1. The zero-order chi connectivity index (χ0) is 15.2. The van der Waals surface area contributed by atoms with Crippen LogP contribution < -0.4 is 10.1 Å². The highest BCUT2D eigenvalue weighted by Gasteiger charge is 2.12. The van der Waals surface area contributed by atoms with Crippen molar-refractivity contribution in [2.75, 3.05) is 7.11 Å². The van der Waals surface area contributed by atoms with Crippen LogP contribution in [0.5, 0.6) is 5.75 Å². The van der Waals surface area contributed by atoms with Crippen LogP contribution in [0.2, 0.25) is 0 Å². The van der Waals surface area contributed by atoms with Gasteiger partial charge in [-0.15, -0.1) is 0 Å². The van der Waals surface area contributed by atoms with Crippen molar-refractivity contribution in [3.8, 4) is 5.75 Å². The molecule has 1 atom stereocenters. The Kier molecular flexibility index (Phi) is 5.39. The molecule has 0 saturated carbocycles. The number of hydrogen-bond donors (Lipinski definition) is 1. The van der Waals surface area contributed by atoms with Crippen LogP contribution in [0.25, 0.3) is 0 Å². The minimum absolute atomic E-state index is 0.228. The lowest BCUT2D eigenvalue weighted by molar-refractivity contribution is 0.400. The number of ether oxygens (including phenoxy) is 1. The van der Waals surface area contributed by atoms with Crippen LogP contribution in [0.3, 0.4) is 0 Å². The molecule has 1 aromatic carbocycles. The van der Waals surface area contributed by atoms with Gasteiger partial charge in [0.1, 0.15) is 5.75 Å². The Hall–Kier alpha value is -1.81. The number of benzene rings is 1. The van der Waals surface area contributed by atoms with E-state index >= 15 is 0 Å². The van der Waals surface area contributed by atoms with Crippen molar-refractivity contribution in [2.45, 2.75) is 46.3 Å². The van der Waals surface area contributed by atoms with Crippen LogP contribution in [0.15, 0.2) is 30.3 Å². The van der Waals surface area contributed by atoms with E-state index in [1.807, 2.05) is 18.2 Å². The molecule has 0 aliphatic heterocycles. The third-order valence-corrected chi connectivity index (χ3v) is 3.77. The van der Waals surface area contributed by atoms with Crippen molar-refractivity contribution < 1.29 is 4.74 Å². The minimum Gasteiger partial charge on any atom is -0.496 e. The molecular weight excluding hydrogens is 262 g/mol. The fraction of sp³-hybridized carbons (Fsp3) is 0.471. The van der Waals surface area contributed by atoms with Gasteiger partial charge in [-0.1, -0.05) is 25.1 Å². The molecule has 4 nitrogen and oxygen atoms in total. The van der Waals surface area contributed by atoms with Crippen molar-refractivity contribution in [1.82, 2.24) is 15.1 Å². The Bertz CT molecular complexity index is 577. The highest BCUT2D eigenvalue weighted by atomic mass is 16.5. The zero-order valence-electron chi connectivity index (χ0n) is 13.4. The molecule has 0 unspecified atom stereocenters. The Balaban J connectivity index is 2.07. The van der Waals surface area contributed by atoms with E-state index in [4.69, 9.17) is 4.74 Å². The van der Waals surface area contributed by atoms with E-state index in [1.54, 1.807) is 7.11 Å². The normalized spacial score (nSPS) is 12.4. The molecule has 1 heterocycles. The molecule has 0 aliphatic rings. The molecule has 0 spiro atoms. The summed E-state index contributed by atoms with van der Waals surface area (Å²) >= 11 is 0. The van der Waals surface area contributed by atoms with Gasteiger partial charge in [0.15, 0.2) is 0 Å². The molecule has 1 N–H and O–H groups in total. The number of nitrogens with zero attached hydrogens (tertiary/aromatic N) is 2. The first-order valence-electron chi connectivity index (χ1n) is 7.61. The first kappa shape index (κ1) is 15.6. The Morgan fingerprint density at radius 2 is 2.05 bits per heavy atom. The van der Waals surface area contributed by atoms with Gasteiger partial charge >= 0.3 is 0 Å². The molecule has 0 saturated heterocycles. The molecule has 4 heteroatoms. The fourth-order valence-electron chi connectivity index (χ4n) is 2.50. The molecule has 0 amide bonds. The lowest BCUT2D eigenvalue weighted by Crippen LogP contribution is -2.20. The van der Waals surface area contributed by atoms with Gasteiger partial charge in [0.05, 0.1) is 18.5 Å². The number of aryl methyl sites for hydroxylation is 2. The van der Waals surface area contributed by atoms with E-state index in [0.29, 0.717) is 0 Å². The number of aromatic nitrogens is 2. The molecule has 114 valence electrons. The van der Waals surface area contributed by atoms with Crippen molar-refractivity contribution in [1.29, 1.82) is 0 Å². The van der Waals surface area contributed by atoms with Crippen LogP contribution in [0, 0.1) is 0 Å². The van der Waals surface area contributed by atoms with E-state index in [-0.39, 0.29) is 6.04 Å². The van der Waals surface area contributed by atoms with Crippen molar-refractivity contribution in [3.63, 3.8) is 0 Å². The van der Waals surface area contributed by atoms with E-state index in [1.165, 1.54) is 11.3 Å². The fourth-order valence-corrected chi connectivity index (χ4v) is 2.50. The molecule has 21 heavy (non-hydrogen) atoms. The second-order valence-corrected chi connectivity index (χ2v) is 5.14. The summed E-state index contributed by atoms with van der Waals surface area (Å²) in [5.41, 5.74) is 3.56. The summed E-state index contributed by atoms with van der Waals surface area (Å²) < 4.78 is 7.50. The maximum Gasteiger partial charge on any atom is 0.123 e. The van der Waals surface area contributed by atoms with Gasteiger partial charge in [-0.3, -0.25) is 4.68 Å². The number of rotatable bonds is 7. The maximum absolute atomic E-state index is 5.43. The average Bonchev–Trinajstić information content (AvgIpc) is 2.95. The quantitative estimate of drug-likeness (QED) is 0.849. The zero-order valence-corrected chi connectivity index (χ0v) is 13.4. The summed E-state index contributed by atoms with van der Waals surface area (Å²) in [4.78, 5) is 0. The summed E-state index contributed by atoms with van der Waals surface area (Å²) in [6.07, 6.45) is 0.974. The molecule has 0 aliphatic carbocycles. The highest BCUT2D eigenvalue weighted by molar-refractivity contribution is 5.35. The highest BCUT2D eigenvalue weighted by Crippen LogP contribution is 2.24. The molecule has 2 rings (SSSR count). The lowest BCUT2D eigenvalue weighted by Gasteiger charge is -2.17. The topological polar surface area (TPSA) is 39.1 Å². The van der Waals surface area contributed by atoms with Crippen LogP contribution >= 0.6 is 0 Å². The van der Waals surface area contributed by atoms with Gasteiger partial charge in [-0.25, -0.2) is 0 Å². The molecular formula is C17H25N3O. The summed E-state index contributed by atoms with van der Waals surface area (Å²) in [6, 6.07) is 10.6. The van der Waals surface area contributed by atoms with Gasteiger partial charge in [0.25, 0.3) is 0 Å². The summed E-state index contributed by atoms with van der Waals surface area (Å²) in [6.45, 7) is 8.13. The van der Waals surface area contributed by atoms with Crippen LogP contribution in [0.4, 0.5) is 0 Å². The number of methoxy groups -OCH3 is 1. The monoisotopic (exact) mass is 287 g/mol. The Morgan fingerprint density at radius 3 is 2.71 bits per heavy atom. The molecule has 1 aromatic heterocycles. The first-order chi connectivity index (χ1) is 10.2. The third kappa shape index (κ3) is 3.64. The van der Waals surface area contributed by atoms with Crippen LogP contribution in [-0.4, -0.2) is 16.9 Å². The summed E-state index contributed by atoms with van der Waals surface area (Å²) in [7, 11) is 1.71. The minimum atomic E-state index is 0.228. The van der Waals surface area contributed by atoms with Gasteiger partial charge in [0.2, 0.25) is 0 Å². The second-order valence-electron chi connectivity index (χ2n) is 5.14. The predicted octanol–water partition coefficient (Wildman–Crippen LogP) is 3.32.